The summed E-state index contributed by atoms with van der Waals surface area (Å²) in [6, 6.07) is 0. The molecule has 1 heteroatoms. The fraction of sp³-hybridized carbons (Fsp3) is 1.00. The van der Waals surface area contributed by atoms with Gasteiger partial charge in [-0.1, -0.05) is 34.1 Å². The second kappa shape index (κ2) is 5.55. The van der Waals surface area contributed by atoms with Crippen molar-refractivity contribution in [2.75, 3.05) is 6.61 Å². The van der Waals surface area contributed by atoms with Crippen molar-refractivity contribution in [3.63, 3.8) is 0 Å². The lowest BCUT2D eigenvalue weighted by atomic mass is 9.44. The van der Waals surface area contributed by atoms with Crippen molar-refractivity contribution in [1.29, 1.82) is 0 Å². The smallest absolute Gasteiger partial charge is 0.0487 e. The van der Waals surface area contributed by atoms with E-state index >= 15 is 0 Å². The van der Waals surface area contributed by atoms with E-state index in [1.165, 1.54) is 51.4 Å². The second-order valence-corrected chi connectivity index (χ2v) is 9.49. The molecule has 1 N–H and O–H groups in total. The molecule has 1 nitrogen and oxygen atoms in total. The quantitative estimate of drug-likeness (QED) is 0.734. The molecule has 122 valence electrons. The Morgan fingerprint density at radius 2 is 1.81 bits per heavy atom. The largest absolute Gasteiger partial charge is 0.396 e. The first-order valence-electron chi connectivity index (χ1n) is 9.51. The lowest BCUT2D eigenvalue weighted by Crippen LogP contribution is -2.54. The van der Waals surface area contributed by atoms with Crippen LogP contribution in [0.25, 0.3) is 0 Å². The molecule has 3 saturated carbocycles. The molecular formula is C20H36O. The molecule has 0 bridgehead atoms. The number of fused-ring (bicyclic) bond motifs is 3. The zero-order valence-corrected chi connectivity index (χ0v) is 14.7. The van der Waals surface area contributed by atoms with E-state index in [4.69, 9.17) is 0 Å². The Labute approximate surface area is 131 Å². The van der Waals surface area contributed by atoms with Crippen LogP contribution in [0, 0.1) is 40.4 Å². The third-order valence-electron chi connectivity index (χ3n) is 8.10. The molecule has 0 radical (unpaired) electrons. The van der Waals surface area contributed by atoms with Gasteiger partial charge >= 0.3 is 0 Å². The van der Waals surface area contributed by atoms with Gasteiger partial charge in [0.25, 0.3) is 0 Å². The van der Waals surface area contributed by atoms with Gasteiger partial charge in [-0.05, 0) is 85.4 Å². The van der Waals surface area contributed by atoms with E-state index in [1.54, 1.807) is 0 Å². The van der Waals surface area contributed by atoms with Crippen molar-refractivity contribution in [3.8, 4) is 0 Å². The molecule has 0 aromatic rings. The zero-order valence-electron chi connectivity index (χ0n) is 14.7. The van der Waals surface area contributed by atoms with Crippen molar-refractivity contribution in [3.05, 3.63) is 0 Å². The average Bonchev–Trinajstić information content (AvgIpc) is 2.46. The Morgan fingerprint density at radius 3 is 2.48 bits per heavy atom. The van der Waals surface area contributed by atoms with Gasteiger partial charge in [-0.3, -0.25) is 0 Å². The Hall–Kier alpha value is -0.0400. The first-order valence-corrected chi connectivity index (χ1v) is 9.51. The summed E-state index contributed by atoms with van der Waals surface area (Å²) in [7, 11) is 0. The predicted octanol–water partition coefficient (Wildman–Crippen LogP) is 5.27. The van der Waals surface area contributed by atoms with Gasteiger partial charge in [0.15, 0.2) is 0 Å². The number of hydrogen-bond donors (Lipinski definition) is 1. The Kier molecular flexibility index (Phi) is 4.19. The van der Waals surface area contributed by atoms with Gasteiger partial charge in [-0.15, -0.1) is 0 Å². The predicted molar refractivity (Wildman–Crippen MR) is 89.0 cm³/mol. The summed E-state index contributed by atoms with van der Waals surface area (Å²) >= 11 is 0. The first-order chi connectivity index (χ1) is 9.90. The second-order valence-electron chi connectivity index (χ2n) is 9.49. The van der Waals surface area contributed by atoms with Crippen molar-refractivity contribution < 1.29 is 5.11 Å². The van der Waals surface area contributed by atoms with Gasteiger partial charge in [-0.25, -0.2) is 0 Å². The van der Waals surface area contributed by atoms with Crippen LogP contribution >= 0.6 is 0 Å². The van der Waals surface area contributed by atoms with Crippen LogP contribution in [-0.4, -0.2) is 11.7 Å². The lowest BCUT2D eigenvalue weighted by molar-refractivity contribution is -0.135. The van der Waals surface area contributed by atoms with Gasteiger partial charge in [0.2, 0.25) is 0 Å². The van der Waals surface area contributed by atoms with Crippen LogP contribution in [0.15, 0.2) is 0 Å². The summed E-state index contributed by atoms with van der Waals surface area (Å²) in [4.78, 5) is 0. The van der Waals surface area contributed by atoms with Gasteiger partial charge in [0.1, 0.15) is 0 Å². The molecule has 21 heavy (non-hydrogen) atoms. The molecule has 0 unspecified atom stereocenters. The number of aliphatic hydroxyl groups is 1. The molecule has 0 spiro atoms. The summed E-state index contributed by atoms with van der Waals surface area (Å²) < 4.78 is 0. The monoisotopic (exact) mass is 292 g/mol. The van der Waals surface area contributed by atoms with Gasteiger partial charge in [0, 0.05) is 6.61 Å². The molecule has 3 aliphatic rings. The van der Waals surface area contributed by atoms with Crippen LogP contribution in [0.3, 0.4) is 0 Å². The van der Waals surface area contributed by atoms with Crippen LogP contribution in [0.2, 0.25) is 0 Å². The number of hydrogen-bond acceptors (Lipinski definition) is 1. The summed E-state index contributed by atoms with van der Waals surface area (Å²) in [5, 5.41) is 10.0. The van der Waals surface area contributed by atoms with E-state index in [1.807, 2.05) is 0 Å². The van der Waals surface area contributed by atoms with E-state index in [9.17, 15) is 5.11 Å². The maximum Gasteiger partial charge on any atom is 0.0487 e. The standard InChI is InChI=1S/C20H36O/c1-14(2)15-6-8-17-16(12-15)7-9-18-19(3,13-21)10-5-11-20(17,18)4/h14-18,21H,5-13H2,1-4H3/t15-,16-,17-,18-,19+,20-/m1/s1. The highest BCUT2D eigenvalue weighted by atomic mass is 16.3. The minimum atomic E-state index is 0.201. The minimum absolute atomic E-state index is 0.201. The maximum atomic E-state index is 10.0. The topological polar surface area (TPSA) is 20.2 Å². The van der Waals surface area contributed by atoms with Crippen molar-refractivity contribution >= 4 is 0 Å². The van der Waals surface area contributed by atoms with Crippen molar-refractivity contribution in [2.24, 2.45) is 40.4 Å². The summed E-state index contributed by atoms with van der Waals surface area (Å²) in [6.07, 6.45) is 11.2. The highest BCUT2D eigenvalue weighted by Gasteiger charge is 2.56. The molecule has 0 aliphatic heterocycles. The highest BCUT2D eigenvalue weighted by Crippen LogP contribution is 2.64. The molecule has 3 rings (SSSR count). The highest BCUT2D eigenvalue weighted by molar-refractivity contribution is 5.05. The molecule has 3 aliphatic carbocycles. The fourth-order valence-electron chi connectivity index (χ4n) is 6.80. The Bertz CT molecular complexity index is 376. The zero-order chi connectivity index (χ0) is 15.3. The summed E-state index contributed by atoms with van der Waals surface area (Å²) in [5.74, 6) is 4.52. The van der Waals surface area contributed by atoms with Crippen molar-refractivity contribution in [2.45, 2.75) is 79.1 Å². The summed E-state index contributed by atoms with van der Waals surface area (Å²) in [5.41, 5.74) is 0.716. The van der Waals surface area contributed by atoms with Crippen LogP contribution in [0.5, 0.6) is 0 Å². The molecule has 3 fully saturated rings. The van der Waals surface area contributed by atoms with Gasteiger partial charge in [-0.2, -0.15) is 0 Å². The van der Waals surface area contributed by atoms with Gasteiger partial charge < -0.3 is 5.11 Å². The van der Waals surface area contributed by atoms with Crippen molar-refractivity contribution in [1.82, 2.24) is 0 Å². The first kappa shape index (κ1) is 15.8. The van der Waals surface area contributed by atoms with Crippen LogP contribution in [-0.2, 0) is 0 Å². The van der Waals surface area contributed by atoms with Crippen LogP contribution < -0.4 is 0 Å². The van der Waals surface area contributed by atoms with E-state index in [2.05, 4.69) is 27.7 Å². The molecule has 0 aromatic heterocycles. The Balaban J connectivity index is 1.82. The van der Waals surface area contributed by atoms with E-state index in [0.29, 0.717) is 12.0 Å². The molecule has 6 atom stereocenters. The third kappa shape index (κ3) is 2.48. The Morgan fingerprint density at radius 1 is 1.05 bits per heavy atom. The SMILES string of the molecule is CC(C)[C@@H]1CC[C@@H]2[C@H](CC[C@@H]3[C@](C)(CO)CCC[C@]23C)C1. The molecule has 0 aromatic carbocycles. The maximum absolute atomic E-state index is 10.0. The summed E-state index contributed by atoms with van der Waals surface area (Å²) in [6.45, 7) is 10.2. The van der Waals surface area contributed by atoms with E-state index in [0.717, 1.165) is 29.6 Å². The van der Waals surface area contributed by atoms with E-state index in [-0.39, 0.29) is 5.41 Å². The number of aliphatic hydroxyl groups excluding tert-OH is 1. The third-order valence-corrected chi connectivity index (χ3v) is 8.10. The van der Waals surface area contributed by atoms with E-state index < -0.39 is 0 Å². The minimum Gasteiger partial charge on any atom is -0.396 e. The molecule has 0 heterocycles. The van der Waals surface area contributed by atoms with Crippen LogP contribution in [0.4, 0.5) is 0 Å². The van der Waals surface area contributed by atoms with Gasteiger partial charge in [0.05, 0.1) is 0 Å². The fourth-order valence-corrected chi connectivity index (χ4v) is 6.80. The lowest BCUT2D eigenvalue weighted by Gasteiger charge is -2.61. The number of rotatable bonds is 2. The molecular weight excluding hydrogens is 256 g/mol. The normalized spacial score (nSPS) is 50.6. The molecule has 0 saturated heterocycles. The van der Waals surface area contributed by atoms with Crippen LogP contribution in [0.1, 0.15) is 79.1 Å². The average molecular weight is 293 g/mol. The molecule has 0 amide bonds.